The molecule has 0 fully saturated rings. The number of carbonyl (C=O) groups excluding carboxylic acids is 2. The predicted molar refractivity (Wildman–Crippen MR) is 139 cm³/mol. The van der Waals surface area contributed by atoms with E-state index in [2.05, 4.69) is 5.32 Å². The highest BCUT2D eigenvalue weighted by atomic mass is 32.2. The Morgan fingerprint density at radius 3 is 2.06 bits per heavy atom. The first-order valence-corrected chi connectivity index (χ1v) is 13.8. The first-order valence-electron chi connectivity index (χ1n) is 11.9. The summed E-state index contributed by atoms with van der Waals surface area (Å²) in [5.41, 5.74) is 2.28. The van der Waals surface area contributed by atoms with E-state index >= 15 is 0 Å². The van der Waals surface area contributed by atoms with Gasteiger partial charge in [0.2, 0.25) is 21.8 Å². The molecule has 2 aromatic carbocycles. The van der Waals surface area contributed by atoms with Crippen molar-refractivity contribution in [2.24, 2.45) is 0 Å². The molecule has 2 amide bonds. The van der Waals surface area contributed by atoms with E-state index in [0.717, 1.165) is 34.5 Å². The number of benzene rings is 2. The SMILES string of the molecule is CCCNC(=O)[C@@H](CC)N(Cc1ccc(OC)cc1)C(=O)CN(c1ccc(CC)cc1)S(C)(=O)=O. The van der Waals surface area contributed by atoms with Gasteiger partial charge in [0, 0.05) is 13.1 Å². The second-order valence-electron chi connectivity index (χ2n) is 8.37. The normalized spacial score (nSPS) is 12.0. The fraction of sp³-hybridized carbons (Fsp3) is 0.462. The van der Waals surface area contributed by atoms with Gasteiger partial charge < -0.3 is 15.0 Å². The molecule has 2 rings (SSSR count). The number of aryl methyl sites for hydroxylation is 1. The molecule has 192 valence electrons. The first kappa shape index (κ1) is 28.2. The number of amides is 2. The minimum absolute atomic E-state index is 0.160. The number of hydrogen-bond acceptors (Lipinski definition) is 5. The molecular weight excluding hydrogens is 466 g/mol. The maximum Gasteiger partial charge on any atom is 0.244 e. The number of nitrogens with one attached hydrogen (secondary N) is 1. The molecule has 2 aromatic rings. The minimum Gasteiger partial charge on any atom is -0.497 e. The standard InChI is InChI=1S/C26H37N3O5S/c1-6-17-27-26(31)24(8-3)28(18-21-11-15-23(34-4)16-12-21)25(30)19-29(35(5,32)33)22-13-9-20(7-2)10-14-22/h9-16,24H,6-8,17-19H2,1-5H3,(H,27,31)/t24-/m1/s1. The lowest BCUT2D eigenvalue weighted by Gasteiger charge is -2.33. The van der Waals surface area contributed by atoms with Crippen molar-refractivity contribution in [3.05, 3.63) is 59.7 Å². The van der Waals surface area contributed by atoms with Crippen LogP contribution in [0.1, 0.15) is 44.7 Å². The second kappa shape index (κ2) is 13.1. The van der Waals surface area contributed by atoms with Gasteiger partial charge in [-0.1, -0.05) is 45.0 Å². The third kappa shape index (κ3) is 7.99. The van der Waals surface area contributed by atoms with Crippen LogP contribution in [0.4, 0.5) is 5.69 Å². The Balaban J connectivity index is 2.40. The van der Waals surface area contributed by atoms with Crippen LogP contribution in [0.5, 0.6) is 5.75 Å². The molecular formula is C26H37N3O5S. The number of sulfonamides is 1. The minimum atomic E-state index is -3.75. The zero-order valence-electron chi connectivity index (χ0n) is 21.3. The summed E-state index contributed by atoms with van der Waals surface area (Å²) >= 11 is 0. The molecule has 1 N–H and O–H groups in total. The highest BCUT2D eigenvalue weighted by Gasteiger charge is 2.31. The summed E-state index contributed by atoms with van der Waals surface area (Å²) in [5.74, 6) is -0.0307. The Morgan fingerprint density at radius 2 is 1.57 bits per heavy atom. The van der Waals surface area contributed by atoms with Gasteiger partial charge in [0.25, 0.3) is 0 Å². The number of hydrogen-bond donors (Lipinski definition) is 1. The van der Waals surface area contributed by atoms with Crippen molar-refractivity contribution in [2.45, 2.75) is 52.6 Å². The van der Waals surface area contributed by atoms with E-state index < -0.39 is 28.5 Å². The number of methoxy groups -OCH3 is 1. The van der Waals surface area contributed by atoms with Crippen LogP contribution in [-0.4, -0.2) is 57.6 Å². The molecule has 0 aliphatic heterocycles. The second-order valence-corrected chi connectivity index (χ2v) is 10.3. The highest BCUT2D eigenvalue weighted by molar-refractivity contribution is 7.92. The summed E-state index contributed by atoms with van der Waals surface area (Å²) in [4.78, 5) is 28.0. The van der Waals surface area contributed by atoms with Gasteiger partial charge in [-0.3, -0.25) is 13.9 Å². The number of nitrogens with zero attached hydrogens (tertiary/aromatic N) is 2. The fourth-order valence-corrected chi connectivity index (χ4v) is 4.57. The van der Waals surface area contributed by atoms with Crippen molar-refractivity contribution >= 4 is 27.5 Å². The number of ether oxygens (including phenoxy) is 1. The molecule has 0 aromatic heterocycles. The Kier molecular flexibility index (Phi) is 10.6. The molecule has 0 aliphatic carbocycles. The van der Waals surface area contributed by atoms with E-state index in [0.29, 0.717) is 24.4 Å². The van der Waals surface area contributed by atoms with E-state index in [1.165, 1.54) is 4.90 Å². The van der Waals surface area contributed by atoms with Gasteiger partial charge in [0.15, 0.2) is 0 Å². The summed E-state index contributed by atoms with van der Waals surface area (Å²) in [6, 6.07) is 13.6. The van der Waals surface area contributed by atoms with Crippen molar-refractivity contribution in [1.29, 1.82) is 0 Å². The first-order chi connectivity index (χ1) is 16.6. The Morgan fingerprint density at radius 1 is 0.971 bits per heavy atom. The molecule has 0 saturated carbocycles. The lowest BCUT2D eigenvalue weighted by atomic mass is 10.1. The van der Waals surface area contributed by atoms with Crippen LogP contribution in [0.2, 0.25) is 0 Å². The monoisotopic (exact) mass is 503 g/mol. The van der Waals surface area contributed by atoms with Crippen LogP contribution >= 0.6 is 0 Å². The topological polar surface area (TPSA) is 96.0 Å². The highest BCUT2D eigenvalue weighted by Crippen LogP contribution is 2.21. The number of anilines is 1. The largest absolute Gasteiger partial charge is 0.497 e. The molecule has 8 nitrogen and oxygen atoms in total. The van der Waals surface area contributed by atoms with Gasteiger partial charge >= 0.3 is 0 Å². The van der Waals surface area contributed by atoms with Crippen LogP contribution in [0, 0.1) is 0 Å². The Labute approximate surface area is 209 Å². The lowest BCUT2D eigenvalue weighted by Crippen LogP contribution is -2.52. The van der Waals surface area contributed by atoms with Crippen LogP contribution < -0.4 is 14.4 Å². The van der Waals surface area contributed by atoms with Crippen LogP contribution in [-0.2, 0) is 32.6 Å². The summed E-state index contributed by atoms with van der Waals surface area (Å²) in [6.45, 7) is 6.06. The summed E-state index contributed by atoms with van der Waals surface area (Å²) in [5, 5.41) is 2.87. The van der Waals surface area contributed by atoms with Crippen molar-refractivity contribution in [3.63, 3.8) is 0 Å². The summed E-state index contributed by atoms with van der Waals surface area (Å²) in [6.07, 6.45) is 3.05. The van der Waals surface area contributed by atoms with E-state index in [1.54, 1.807) is 31.4 Å². The van der Waals surface area contributed by atoms with Gasteiger partial charge in [0.1, 0.15) is 18.3 Å². The molecule has 0 aliphatic rings. The van der Waals surface area contributed by atoms with Gasteiger partial charge in [0.05, 0.1) is 19.1 Å². The molecule has 0 heterocycles. The summed E-state index contributed by atoms with van der Waals surface area (Å²) < 4.78 is 31.6. The zero-order valence-corrected chi connectivity index (χ0v) is 22.1. The zero-order chi connectivity index (χ0) is 26.0. The van der Waals surface area contributed by atoms with E-state index in [-0.39, 0.29) is 12.5 Å². The quantitative estimate of drug-likeness (QED) is 0.452. The maximum absolute atomic E-state index is 13.6. The molecule has 0 saturated heterocycles. The van der Waals surface area contributed by atoms with E-state index in [4.69, 9.17) is 4.74 Å². The Bertz CT molecular complexity index is 1070. The molecule has 0 bridgehead atoms. The van der Waals surface area contributed by atoms with Gasteiger partial charge in [-0.15, -0.1) is 0 Å². The average molecular weight is 504 g/mol. The van der Waals surface area contributed by atoms with E-state index in [9.17, 15) is 18.0 Å². The fourth-order valence-electron chi connectivity index (χ4n) is 3.72. The third-order valence-corrected chi connectivity index (χ3v) is 6.90. The maximum atomic E-state index is 13.6. The summed E-state index contributed by atoms with van der Waals surface area (Å²) in [7, 11) is -2.17. The number of carbonyl (C=O) groups is 2. The van der Waals surface area contributed by atoms with Crippen LogP contribution in [0.3, 0.4) is 0 Å². The third-order valence-electron chi connectivity index (χ3n) is 5.76. The van der Waals surface area contributed by atoms with Gasteiger partial charge in [-0.2, -0.15) is 0 Å². The Hall–Kier alpha value is -3.07. The number of rotatable bonds is 13. The predicted octanol–water partition coefficient (Wildman–Crippen LogP) is 3.36. The molecule has 9 heteroatoms. The molecule has 0 radical (unpaired) electrons. The van der Waals surface area contributed by atoms with Crippen LogP contribution in [0.15, 0.2) is 48.5 Å². The average Bonchev–Trinajstić information content (AvgIpc) is 2.85. The van der Waals surface area contributed by atoms with Crippen molar-refractivity contribution < 1.29 is 22.7 Å². The van der Waals surface area contributed by atoms with Crippen molar-refractivity contribution in [1.82, 2.24) is 10.2 Å². The van der Waals surface area contributed by atoms with E-state index in [1.807, 2.05) is 45.0 Å². The molecule has 1 atom stereocenters. The van der Waals surface area contributed by atoms with Crippen molar-refractivity contribution in [3.8, 4) is 5.75 Å². The molecule has 0 spiro atoms. The van der Waals surface area contributed by atoms with Gasteiger partial charge in [-0.25, -0.2) is 8.42 Å². The van der Waals surface area contributed by atoms with Crippen LogP contribution in [0.25, 0.3) is 0 Å². The van der Waals surface area contributed by atoms with Gasteiger partial charge in [-0.05, 0) is 54.7 Å². The van der Waals surface area contributed by atoms with Crippen molar-refractivity contribution in [2.75, 3.05) is 30.8 Å². The molecule has 35 heavy (non-hydrogen) atoms. The smallest absolute Gasteiger partial charge is 0.244 e. The lowest BCUT2D eigenvalue weighted by molar-refractivity contribution is -0.140. The molecule has 0 unspecified atom stereocenters.